The molecule has 1 aromatic carbocycles. The Labute approximate surface area is 434 Å². The Morgan fingerprint density at radius 2 is 1.67 bits per heavy atom. The molecule has 3 aliphatic carbocycles. The molecular weight excluding hydrogens is 992 g/mol. The largest absolute Gasteiger partial charge is 0.403 e. The van der Waals surface area contributed by atoms with Crippen molar-refractivity contribution < 1.29 is 51.1 Å². The van der Waals surface area contributed by atoms with E-state index in [4.69, 9.17) is 11.6 Å². The maximum Gasteiger partial charge on any atom is 0.403 e. The summed E-state index contributed by atoms with van der Waals surface area (Å²) in [6, 6.07) is -1.22. The van der Waals surface area contributed by atoms with E-state index in [9.17, 15) is 46.7 Å². The lowest BCUT2D eigenvalue weighted by Gasteiger charge is -2.60. The molecule has 0 bridgehead atoms. The lowest BCUT2D eigenvalue weighted by Crippen LogP contribution is -2.66. The summed E-state index contributed by atoms with van der Waals surface area (Å²) in [6.07, 6.45) is -4.26. The molecule has 21 heteroatoms. The molecule has 1 aromatic heterocycles. The number of aryl methyl sites for hydroxylation is 2. The summed E-state index contributed by atoms with van der Waals surface area (Å²) < 4.78 is 59.4. The maximum atomic E-state index is 15.2. The van der Waals surface area contributed by atoms with Crippen molar-refractivity contribution in [1.29, 1.82) is 0 Å². The Balaban J connectivity index is 1.16. The monoisotopic (exact) mass is 1060 g/mol. The predicted molar refractivity (Wildman–Crippen MR) is 268 cm³/mol. The molecule has 3 heterocycles. The van der Waals surface area contributed by atoms with Crippen LogP contribution in [0.2, 0.25) is 5.02 Å². The normalized spacial score (nSPS) is 26.2. The number of likely N-dealkylation sites (tertiary alicyclic amines) is 1. The van der Waals surface area contributed by atoms with Gasteiger partial charge in [0.25, 0.3) is 0 Å². The first kappa shape index (κ1) is 55.9. The number of thiazole rings is 1. The summed E-state index contributed by atoms with van der Waals surface area (Å²) in [5.74, 6) is -5.86. The average molecular weight is 1060 g/mol. The van der Waals surface area contributed by atoms with E-state index in [0.717, 1.165) is 27.6 Å². The second-order valence-electron chi connectivity index (χ2n) is 22.5. The van der Waals surface area contributed by atoms with Crippen molar-refractivity contribution in [3.05, 3.63) is 39.5 Å². The van der Waals surface area contributed by atoms with Crippen molar-refractivity contribution in [2.24, 2.45) is 22.7 Å². The molecule has 15 nitrogen and oxygen atoms in total. The van der Waals surface area contributed by atoms with Crippen LogP contribution in [-0.4, -0.2) is 148 Å². The summed E-state index contributed by atoms with van der Waals surface area (Å²) in [6.45, 7) is 10.2. The summed E-state index contributed by atoms with van der Waals surface area (Å²) in [5.41, 5.74) is -2.55. The zero-order valence-corrected chi connectivity index (χ0v) is 44.9. The van der Waals surface area contributed by atoms with Crippen LogP contribution in [0.3, 0.4) is 0 Å². The number of aromatic nitrogens is 1. The van der Waals surface area contributed by atoms with E-state index in [2.05, 4.69) is 20.9 Å². The minimum atomic E-state index is -4.91. The molecular formula is C52H71ClF4N8O7S. The summed E-state index contributed by atoms with van der Waals surface area (Å²) in [5, 5.41) is 9.72. The van der Waals surface area contributed by atoms with Crippen LogP contribution in [0.15, 0.2) is 18.2 Å². The van der Waals surface area contributed by atoms with Crippen molar-refractivity contribution >= 4 is 64.3 Å². The topological polar surface area (TPSA) is 181 Å². The molecule has 0 unspecified atom stereocenters. The van der Waals surface area contributed by atoms with Gasteiger partial charge in [0.15, 0.2) is 0 Å². The fourth-order valence-electron chi connectivity index (χ4n) is 11.6. The standard InChI is InChI=1S/C52H71ClF4N8O7S/c1-28(2)21-36-45(69)64(9)38(23-32-22-33(53)16-17-35(32)41-29(3)58-30(4)73-41)44(68)61-49(5,6)47(71)62(7)20-11-10-13-37(42(66)59-36)63(8)46(70)40(31-14-15-31)60-43(67)39-24-34(54)25-65(39)48(72)51(52(55,56)57)26-50(27-51)18-12-19-50/h16-17,22,28,31,34,36-40H,10-15,18-21,23-27H2,1-9H3,(H,59,66)(H,60,67)(H,61,68)/t34-,36+,37+,38+,39+,40+/m1/s1. The number of carbonyl (C=O) groups excluding carboxylic acids is 7. The number of likely N-dealkylation sites (N-methyl/N-ethyl adjacent to an activating group) is 3. The zero-order chi connectivity index (χ0) is 53.7. The molecule has 73 heavy (non-hydrogen) atoms. The van der Waals surface area contributed by atoms with Gasteiger partial charge in [-0.3, -0.25) is 33.6 Å². The first-order chi connectivity index (χ1) is 34.1. The van der Waals surface area contributed by atoms with Gasteiger partial charge in [-0.25, -0.2) is 9.37 Å². The molecule has 2 aliphatic heterocycles. The van der Waals surface area contributed by atoms with Crippen molar-refractivity contribution in [2.75, 3.05) is 34.2 Å². The van der Waals surface area contributed by atoms with E-state index in [-0.39, 0.29) is 31.7 Å². The molecule has 1 spiro atoms. The van der Waals surface area contributed by atoms with Crippen molar-refractivity contribution in [1.82, 2.24) is 40.5 Å². The highest BCUT2D eigenvalue weighted by molar-refractivity contribution is 7.15. The summed E-state index contributed by atoms with van der Waals surface area (Å²) in [7, 11) is 4.45. The van der Waals surface area contributed by atoms with Crippen LogP contribution in [0, 0.1) is 36.5 Å². The van der Waals surface area contributed by atoms with Gasteiger partial charge in [-0.1, -0.05) is 37.9 Å². The third kappa shape index (κ3) is 11.7. The molecule has 0 radical (unpaired) electrons. The quantitative estimate of drug-likeness (QED) is 0.208. The Bertz CT molecular complexity index is 2470. The van der Waals surface area contributed by atoms with Gasteiger partial charge in [0.05, 0.1) is 22.1 Å². The third-order valence-corrected chi connectivity index (χ3v) is 17.3. The van der Waals surface area contributed by atoms with Gasteiger partial charge in [-0.05, 0) is 132 Å². The molecule has 5 fully saturated rings. The first-order valence-electron chi connectivity index (χ1n) is 25.5. The van der Waals surface area contributed by atoms with E-state index < -0.39 is 132 Å². The fourth-order valence-corrected chi connectivity index (χ4v) is 12.8. The first-order valence-corrected chi connectivity index (χ1v) is 26.7. The van der Waals surface area contributed by atoms with Crippen LogP contribution >= 0.6 is 22.9 Å². The molecule has 5 aliphatic rings. The van der Waals surface area contributed by atoms with E-state index in [0.29, 0.717) is 54.0 Å². The second kappa shape index (κ2) is 21.4. The number of rotatable bonds is 11. The van der Waals surface area contributed by atoms with E-state index in [1.165, 1.54) is 40.1 Å². The van der Waals surface area contributed by atoms with E-state index in [1.54, 1.807) is 33.0 Å². The van der Waals surface area contributed by atoms with Gasteiger partial charge in [0.1, 0.15) is 47.3 Å². The van der Waals surface area contributed by atoms with Crippen molar-refractivity contribution in [3.8, 4) is 10.4 Å². The lowest BCUT2D eigenvalue weighted by atomic mass is 9.44. The second-order valence-corrected chi connectivity index (χ2v) is 24.2. The number of hydrogen-bond donors (Lipinski definition) is 3. The molecule has 3 saturated carbocycles. The van der Waals surface area contributed by atoms with E-state index >= 15 is 4.39 Å². The smallest absolute Gasteiger partial charge is 0.344 e. The van der Waals surface area contributed by atoms with Crippen molar-refractivity contribution in [2.45, 2.75) is 173 Å². The molecule has 6 atom stereocenters. The number of carbonyl (C=O) groups is 7. The minimum Gasteiger partial charge on any atom is -0.344 e. The number of alkyl halides is 4. The highest BCUT2D eigenvalue weighted by Crippen LogP contribution is 2.69. The molecule has 2 saturated heterocycles. The van der Waals surface area contributed by atoms with Crippen LogP contribution in [0.4, 0.5) is 17.6 Å². The number of hydrogen-bond acceptors (Lipinski definition) is 9. The number of amides is 7. The zero-order valence-electron chi connectivity index (χ0n) is 43.3. The van der Waals surface area contributed by atoms with Crippen LogP contribution in [0.1, 0.15) is 121 Å². The lowest BCUT2D eigenvalue weighted by molar-refractivity contribution is -0.285. The Morgan fingerprint density at radius 3 is 2.25 bits per heavy atom. The van der Waals surface area contributed by atoms with Gasteiger partial charge in [0.2, 0.25) is 41.4 Å². The van der Waals surface area contributed by atoms with Crippen LogP contribution in [0.25, 0.3) is 10.4 Å². The molecule has 7 rings (SSSR count). The highest BCUT2D eigenvalue weighted by Gasteiger charge is 2.74. The molecule has 7 amide bonds. The Hall–Kier alpha value is -4.85. The van der Waals surface area contributed by atoms with Gasteiger partial charge in [-0.15, -0.1) is 11.3 Å². The predicted octanol–water partition coefficient (Wildman–Crippen LogP) is 6.69. The fraction of sp³-hybridized carbons (Fsp3) is 0.692. The van der Waals surface area contributed by atoms with Crippen molar-refractivity contribution in [3.63, 3.8) is 0 Å². The Morgan fingerprint density at radius 1 is 1.00 bits per heavy atom. The average Bonchev–Trinajstić information content (AvgIpc) is 3.96. The van der Waals surface area contributed by atoms with Crippen LogP contribution < -0.4 is 16.0 Å². The Kier molecular flexibility index (Phi) is 16.4. The van der Waals surface area contributed by atoms with Gasteiger partial charge < -0.3 is 35.6 Å². The summed E-state index contributed by atoms with van der Waals surface area (Å²) in [4.78, 5) is 111. The minimum absolute atomic E-state index is 0.0421. The SMILES string of the molecule is Cc1nc(C)c(-c2ccc(Cl)cc2C[C@H]2C(=O)NC(C)(C)C(=O)N(C)CCCC[C@H](N(C)C(=O)[C@@H](NC(=O)[C@@H]3C[C@@H](F)CN3C(=O)C3(C(F)(F)F)CC4(CCC4)C3)C3CC3)C(=O)N[C@@H](CC(C)C)C(=O)N2C)s1. The number of benzene rings is 1. The number of nitrogens with zero attached hydrogens (tertiary/aromatic N) is 5. The molecule has 3 N–H and O–H groups in total. The summed E-state index contributed by atoms with van der Waals surface area (Å²) >= 11 is 8.05. The maximum absolute atomic E-state index is 15.2. The van der Waals surface area contributed by atoms with Crippen LogP contribution in [0.5, 0.6) is 0 Å². The molecule has 2 aromatic rings. The number of nitrogens with one attached hydrogen (secondary N) is 3. The van der Waals surface area contributed by atoms with Crippen LogP contribution in [-0.2, 0) is 40.0 Å². The third-order valence-electron chi connectivity index (χ3n) is 15.9. The van der Waals surface area contributed by atoms with E-state index in [1.807, 2.05) is 33.8 Å². The van der Waals surface area contributed by atoms with Gasteiger partial charge in [-0.2, -0.15) is 13.2 Å². The highest BCUT2D eigenvalue weighted by atomic mass is 35.5. The van der Waals surface area contributed by atoms with Gasteiger partial charge >= 0.3 is 6.18 Å². The van der Waals surface area contributed by atoms with Gasteiger partial charge in [0, 0.05) is 45.6 Å². The molecule has 402 valence electrons. The number of halogens is 5.